The third-order valence-electron chi connectivity index (χ3n) is 4.50. The predicted molar refractivity (Wildman–Crippen MR) is 101 cm³/mol. The zero-order valence-corrected chi connectivity index (χ0v) is 15.8. The van der Waals surface area contributed by atoms with Crippen LogP contribution in [0.15, 0.2) is 17.1 Å². The van der Waals surface area contributed by atoms with E-state index in [0.29, 0.717) is 12.2 Å². The molecule has 2 aromatic heterocycles. The molecule has 8 heteroatoms. The molecule has 0 radical (unpaired) electrons. The van der Waals surface area contributed by atoms with Gasteiger partial charge in [0, 0.05) is 32.4 Å². The number of carbonyl (C=O) groups is 1. The summed E-state index contributed by atoms with van der Waals surface area (Å²) >= 11 is 0. The lowest BCUT2D eigenvalue weighted by Crippen LogP contribution is -2.44. The number of ether oxygens (including phenoxy) is 1. The van der Waals surface area contributed by atoms with Crippen LogP contribution in [-0.4, -0.2) is 45.4 Å². The van der Waals surface area contributed by atoms with Crippen LogP contribution in [0, 0.1) is 0 Å². The molecule has 0 aliphatic carbocycles. The van der Waals surface area contributed by atoms with Gasteiger partial charge in [-0.2, -0.15) is 0 Å². The maximum Gasteiger partial charge on any atom is 0.407 e. The number of aromatic amines is 1. The molecule has 2 aromatic rings. The maximum atomic E-state index is 12.1. The van der Waals surface area contributed by atoms with Gasteiger partial charge in [0.05, 0.1) is 5.69 Å². The van der Waals surface area contributed by atoms with Crippen LogP contribution >= 0.6 is 0 Å². The van der Waals surface area contributed by atoms with Crippen LogP contribution in [0.1, 0.15) is 40.0 Å². The number of aryl methyl sites for hydroxylation is 1. The number of H-pyrrole nitrogens is 1. The minimum atomic E-state index is -0.519. The zero-order chi connectivity index (χ0) is 18.9. The fraction of sp³-hybridized carbons (Fsp3) is 0.611. The molecule has 1 unspecified atom stereocenters. The number of alkyl carbamates (subject to hydrolysis) is 1. The minimum Gasteiger partial charge on any atom is -0.444 e. The normalized spacial score (nSPS) is 18.6. The summed E-state index contributed by atoms with van der Waals surface area (Å²) in [6.45, 7) is 7.08. The number of fused-ring (bicyclic) bond motifs is 1. The number of rotatable bonds is 2. The first-order chi connectivity index (χ1) is 12.2. The number of hydrogen-bond donors (Lipinski definition) is 2. The highest BCUT2D eigenvalue weighted by atomic mass is 16.6. The van der Waals surface area contributed by atoms with Crippen molar-refractivity contribution in [2.24, 2.45) is 7.05 Å². The lowest BCUT2D eigenvalue weighted by Gasteiger charge is -2.28. The minimum absolute atomic E-state index is 0.00833. The molecule has 142 valence electrons. The summed E-state index contributed by atoms with van der Waals surface area (Å²) < 4.78 is 6.89. The topological polar surface area (TPSA) is 92.2 Å². The quantitative estimate of drug-likeness (QED) is 0.855. The molecule has 1 fully saturated rings. The highest BCUT2D eigenvalue weighted by Crippen LogP contribution is 2.25. The number of amides is 1. The van der Waals surface area contributed by atoms with Crippen molar-refractivity contribution in [3.05, 3.63) is 22.7 Å². The van der Waals surface area contributed by atoms with Crippen LogP contribution in [-0.2, 0) is 11.8 Å². The van der Waals surface area contributed by atoms with E-state index in [1.54, 1.807) is 13.2 Å². The molecule has 0 aromatic carbocycles. The van der Waals surface area contributed by atoms with E-state index in [1.807, 2.05) is 26.8 Å². The van der Waals surface area contributed by atoms with Crippen molar-refractivity contribution in [3.8, 4) is 0 Å². The van der Waals surface area contributed by atoms with Gasteiger partial charge in [0.1, 0.15) is 11.1 Å². The predicted octanol–water partition coefficient (Wildman–Crippen LogP) is 2.15. The van der Waals surface area contributed by atoms with Gasteiger partial charge < -0.3 is 19.9 Å². The number of aromatic nitrogens is 3. The first-order valence-electron chi connectivity index (χ1n) is 9.03. The number of pyridine rings is 1. The summed E-state index contributed by atoms with van der Waals surface area (Å²) in [5, 5.41) is 2.98. The highest BCUT2D eigenvalue weighted by Gasteiger charge is 2.24. The Morgan fingerprint density at radius 2 is 2.15 bits per heavy atom. The van der Waals surface area contributed by atoms with E-state index < -0.39 is 11.7 Å². The van der Waals surface area contributed by atoms with Gasteiger partial charge in [0.15, 0.2) is 5.65 Å². The van der Waals surface area contributed by atoms with E-state index in [-0.39, 0.29) is 11.7 Å². The summed E-state index contributed by atoms with van der Waals surface area (Å²) in [6.07, 6.45) is 4.27. The van der Waals surface area contributed by atoms with E-state index >= 15 is 0 Å². The summed E-state index contributed by atoms with van der Waals surface area (Å²) in [6, 6.07) is 1.90. The lowest BCUT2D eigenvalue weighted by molar-refractivity contribution is 0.0504. The third kappa shape index (κ3) is 4.00. The van der Waals surface area contributed by atoms with Crippen LogP contribution in [0.2, 0.25) is 0 Å². The molecule has 1 saturated heterocycles. The van der Waals surface area contributed by atoms with Gasteiger partial charge in [-0.05, 0) is 46.1 Å². The number of nitrogens with zero attached hydrogens (tertiary/aromatic N) is 3. The second-order valence-corrected chi connectivity index (χ2v) is 7.80. The van der Waals surface area contributed by atoms with Crippen molar-refractivity contribution in [3.63, 3.8) is 0 Å². The standard InChI is InChI=1S/C18H27N5O3/c1-18(2,3)26-17(25)20-12-7-5-6-10-23(11-12)13-8-9-19-15-14(13)21-16(24)22(15)4/h8-9,12H,5-7,10-11H2,1-4H3,(H,20,25)(H,21,24). The monoisotopic (exact) mass is 361 g/mol. The third-order valence-corrected chi connectivity index (χ3v) is 4.50. The smallest absolute Gasteiger partial charge is 0.407 e. The number of carbonyl (C=O) groups excluding carboxylic acids is 1. The van der Waals surface area contributed by atoms with Gasteiger partial charge in [-0.3, -0.25) is 4.57 Å². The Hall–Kier alpha value is -2.51. The Kier molecular flexibility index (Phi) is 4.93. The molecule has 0 bridgehead atoms. The second kappa shape index (κ2) is 7.01. The SMILES string of the molecule is Cn1c(=O)[nH]c2c(N3CCCCC(NC(=O)OC(C)(C)C)C3)ccnc21. The number of anilines is 1. The Balaban J connectivity index is 1.81. The maximum absolute atomic E-state index is 12.1. The van der Waals surface area contributed by atoms with Crippen LogP contribution in [0.5, 0.6) is 0 Å². The van der Waals surface area contributed by atoms with Gasteiger partial charge in [-0.1, -0.05) is 0 Å². The Morgan fingerprint density at radius 1 is 1.38 bits per heavy atom. The summed E-state index contributed by atoms with van der Waals surface area (Å²) in [5.41, 5.74) is 1.60. The number of imidazole rings is 1. The largest absolute Gasteiger partial charge is 0.444 e. The van der Waals surface area contributed by atoms with E-state index in [1.165, 1.54) is 4.57 Å². The second-order valence-electron chi connectivity index (χ2n) is 7.80. The number of nitrogens with one attached hydrogen (secondary N) is 2. The molecule has 2 N–H and O–H groups in total. The van der Waals surface area contributed by atoms with Gasteiger partial charge in [-0.15, -0.1) is 0 Å². The molecule has 3 heterocycles. The van der Waals surface area contributed by atoms with Crippen molar-refractivity contribution in [1.82, 2.24) is 19.9 Å². The first-order valence-corrected chi connectivity index (χ1v) is 9.03. The molecule has 8 nitrogen and oxygen atoms in total. The molecule has 1 aliphatic heterocycles. The lowest BCUT2D eigenvalue weighted by atomic mass is 10.1. The average Bonchev–Trinajstić information content (AvgIpc) is 2.72. The van der Waals surface area contributed by atoms with Crippen LogP contribution in [0.3, 0.4) is 0 Å². The summed E-state index contributed by atoms with van der Waals surface area (Å²) in [5.74, 6) is 0. The van der Waals surface area contributed by atoms with Crippen LogP contribution < -0.4 is 15.9 Å². The fourth-order valence-corrected chi connectivity index (χ4v) is 3.32. The molecule has 3 rings (SSSR count). The first kappa shape index (κ1) is 18.3. The van der Waals surface area contributed by atoms with Gasteiger partial charge in [-0.25, -0.2) is 14.6 Å². The Morgan fingerprint density at radius 3 is 2.88 bits per heavy atom. The number of hydrogen-bond acceptors (Lipinski definition) is 5. The molecule has 0 saturated carbocycles. The molecule has 0 spiro atoms. The fourth-order valence-electron chi connectivity index (χ4n) is 3.32. The van der Waals surface area contributed by atoms with Crippen LogP contribution in [0.4, 0.5) is 10.5 Å². The van der Waals surface area contributed by atoms with Gasteiger partial charge in [0.2, 0.25) is 0 Å². The van der Waals surface area contributed by atoms with Crippen molar-refractivity contribution in [1.29, 1.82) is 0 Å². The molecular weight excluding hydrogens is 334 g/mol. The molecule has 1 amide bonds. The highest BCUT2D eigenvalue weighted by molar-refractivity contribution is 5.86. The Bertz CT molecular complexity index is 849. The van der Waals surface area contributed by atoms with Crippen molar-refractivity contribution in [2.75, 3.05) is 18.0 Å². The molecule has 26 heavy (non-hydrogen) atoms. The van der Waals surface area contributed by atoms with Crippen molar-refractivity contribution in [2.45, 2.75) is 51.7 Å². The molecule has 1 aliphatic rings. The van der Waals surface area contributed by atoms with Crippen LogP contribution in [0.25, 0.3) is 11.2 Å². The van der Waals surface area contributed by atoms with E-state index in [0.717, 1.165) is 37.0 Å². The van der Waals surface area contributed by atoms with E-state index in [9.17, 15) is 9.59 Å². The van der Waals surface area contributed by atoms with E-state index in [2.05, 4.69) is 20.2 Å². The average molecular weight is 361 g/mol. The molecular formula is C18H27N5O3. The molecule has 1 atom stereocenters. The summed E-state index contributed by atoms with van der Waals surface area (Å²) in [4.78, 5) is 33.5. The van der Waals surface area contributed by atoms with Gasteiger partial charge in [0.25, 0.3) is 0 Å². The zero-order valence-electron chi connectivity index (χ0n) is 15.8. The summed E-state index contributed by atoms with van der Waals surface area (Å²) in [7, 11) is 1.70. The Labute approximate surface area is 152 Å². The van der Waals surface area contributed by atoms with Gasteiger partial charge >= 0.3 is 11.8 Å². The van der Waals surface area contributed by atoms with E-state index in [4.69, 9.17) is 4.74 Å². The van der Waals surface area contributed by atoms with Crippen molar-refractivity contribution < 1.29 is 9.53 Å². The van der Waals surface area contributed by atoms with Crippen molar-refractivity contribution >= 4 is 22.9 Å².